The van der Waals surface area contributed by atoms with Crippen molar-refractivity contribution in [3.05, 3.63) is 24.8 Å². The molecule has 3 N–H and O–H groups in total. The lowest BCUT2D eigenvalue weighted by Crippen LogP contribution is -2.13. The Hall–Kier alpha value is -0.0500. The fourth-order valence-electron chi connectivity index (χ4n) is 0.754. The molecule has 3 nitrogen and oxygen atoms in total. The van der Waals surface area contributed by atoms with Crippen LogP contribution in [0.4, 0.5) is 0 Å². The van der Waals surface area contributed by atoms with Gasteiger partial charge in [-0.2, -0.15) is 0 Å². The molecule has 1 aromatic carbocycles. The van der Waals surface area contributed by atoms with Gasteiger partial charge in [-0.05, 0) is 57.3 Å². The van der Waals surface area contributed by atoms with Gasteiger partial charge < -0.3 is 10.8 Å². The number of aromatic hydroxyl groups is 1. The summed E-state index contributed by atoms with van der Waals surface area (Å²) in [6.45, 7) is 0. The van der Waals surface area contributed by atoms with Crippen molar-refractivity contribution in [1.29, 1.82) is 0 Å². The average molecular weight is 389 g/mol. The smallest absolute Gasteiger partial charge is 0.249 e. The van der Waals surface area contributed by atoms with Crippen molar-refractivity contribution in [2.75, 3.05) is 0 Å². The van der Waals surface area contributed by atoms with Crippen LogP contribution in [-0.4, -0.2) is 11.0 Å². The number of phenols is 1. The molecule has 0 unspecified atom stereocenters. The third-order valence-corrected chi connectivity index (χ3v) is 4.32. The molecular formula is C7H5I2NO2. The predicted molar refractivity (Wildman–Crippen MR) is 62.1 cm³/mol. The lowest BCUT2D eigenvalue weighted by atomic mass is 10.2. The summed E-state index contributed by atoms with van der Waals surface area (Å²) in [5.41, 5.74) is 5.46. The van der Waals surface area contributed by atoms with Gasteiger partial charge in [-0.25, -0.2) is 0 Å². The summed E-state index contributed by atoms with van der Waals surface area (Å²) in [6, 6.07) is 2.95. The Morgan fingerprint density at radius 2 is 2.00 bits per heavy atom. The second kappa shape index (κ2) is 3.77. The molecule has 0 fully saturated rings. The van der Waals surface area contributed by atoms with Crippen LogP contribution in [0.1, 0.15) is 10.4 Å². The van der Waals surface area contributed by atoms with Gasteiger partial charge in [-0.15, -0.1) is 0 Å². The number of halogens is 2. The zero-order chi connectivity index (χ0) is 9.30. The van der Waals surface area contributed by atoms with E-state index < -0.39 is 5.91 Å². The quantitative estimate of drug-likeness (QED) is 0.719. The van der Waals surface area contributed by atoms with Crippen LogP contribution in [0.5, 0.6) is 5.75 Å². The molecule has 5 heteroatoms. The van der Waals surface area contributed by atoms with Crippen LogP contribution in [0.25, 0.3) is 0 Å². The van der Waals surface area contributed by atoms with Gasteiger partial charge in [0.25, 0.3) is 0 Å². The van der Waals surface area contributed by atoms with E-state index in [-0.39, 0.29) is 5.75 Å². The van der Waals surface area contributed by atoms with E-state index >= 15 is 0 Å². The standard InChI is InChI=1S/C7H5I2NO2/c8-5-2-3(11)1-4(6(5)9)7(10)12/h1-2,11H,(H2,10,12). The van der Waals surface area contributed by atoms with Gasteiger partial charge in [0, 0.05) is 7.14 Å². The van der Waals surface area contributed by atoms with Crippen LogP contribution in [0.15, 0.2) is 12.1 Å². The van der Waals surface area contributed by atoms with E-state index in [1.54, 1.807) is 6.07 Å². The van der Waals surface area contributed by atoms with Crippen LogP contribution in [-0.2, 0) is 0 Å². The van der Waals surface area contributed by atoms with Crippen molar-refractivity contribution in [3.8, 4) is 5.75 Å². The fraction of sp³-hybridized carbons (Fsp3) is 0. The molecule has 0 saturated carbocycles. The first-order chi connectivity index (χ1) is 5.52. The van der Waals surface area contributed by atoms with Gasteiger partial charge in [0.1, 0.15) is 5.75 Å². The van der Waals surface area contributed by atoms with E-state index in [0.29, 0.717) is 5.56 Å². The van der Waals surface area contributed by atoms with E-state index in [9.17, 15) is 4.79 Å². The highest BCUT2D eigenvalue weighted by Crippen LogP contribution is 2.24. The molecule has 0 radical (unpaired) electrons. The highest BCUT2D eigenvalue weighted by molar-refractivity contribution is 14.1. The van der Waals surface area contributed by atoms with Crippen molar-refractivity contribution >= 4 is 51.1 Å². The normalized spacial score (nSPS) is 9.83. The maximum Gasteiger partial charge on any atom is 0.249 e. The monoisotopic (exact) mass is 389 g/mol. The van der Waals surface area contributed by atoms with Crippen LogP contribution in [0, 0.1) is 7.14 Å². The first-order valence-corrected chi connectivity index (χ1v) is 5.16. The van der Waals surface area contributed by atoms with Gasteiger partial charge in [0.2, 0.25) is 5.91 Å². The molecule has 0 aliphatic carbocycles. The second-order valence-corrected chi connectivity index (χ2v) is 4.39. The Morgan fingerprint density at radius 1 is 1.42 bits per heavy atom. The van der Waals surface area contributed by atoms with Crippen molar-refractivity contribution in [1.82, 2.24) is 0 Å². The van der Waals surface area contributed by atoms with Gasteiger partial charge in [0.15, 0.2) is 0 Å². The molecule has 1 amide bonds. The number of amides is 1. The zero-order valence-electron chi connectivity index (χ0n) is 5.84. The Labute approximate surface area is 96.6 Å². The summed E-state index contributed by atoms with van der Waals surface area (Å²) in [7, 11) is 0. The third-order valence-electron chi connectivity index (χ3n) is 1.28. The molecule has 0 heterocycles. The molecule has 0 aliphatic heterocycles. The van der Waals surface area contributed by atoms with Crippen LogP contribution >= 0.6 is 45.2 Å². The Balaban J connectivity index is 3.37. The topological polar surface area (TPSA) is 63.3 Å². The molecule has 64 valence electrons. The largest absolute Gasteiger partial charge is 0.508 e. The van der Waals surface area contributed by atoms with Crippen LogP contribution < -0.4 is 5.73 Å². The van der Waals surface area contributed by atoms with Gasteiger partial charge in [-0.3, -0.25) is 4.79 Å². The van der Waals surface area contributed by atoms with E-state index in [2.05, 4.69) is 0 Å². The summed E-state index contributed by atoms with van der Waals surface area (Å²) in [4.78, 5) is 10.8. The maximum absolute atomic E-state index is 10.8. The number of rotatable bonds is 1. The number of benzene rings is 1. The molecule has 1 aromatic rings. The Kier molecular flexibility index (Phi) is 3.16. The molecule has 12 heavy (non-hydrogen) atoms. The Bertz CT molecular complexity index is 338. The third kappa shape index (κ3) is 2.00. The van der Waals surface area contributed by atoms with E-state index in [1.165, 1.54) is 6.07 Å². The van der Waals surface area contributed by atoms with Gasteiger partial charge >= 0.3 is 0 Å². The number of carbonyl (C=O) groups is 1. The molecule has 0 aliphatic rings. The Morgan fingerprint density at radius 3 is 2.50 bits per heavy atom. The first kappa shape index (κ1) is 10.0. The minimum atomic E-state index is -0.520. The second-order valence-electron chi connectivity index (χ2n) is 2.15. The lowest BCUT2D eigenvalue weighted by molar-refractivity contribution is 0.0999. The molecule has 0 spiro atoms. The first-order valence-electron chi connectivity index (χ1n) is 3.00. The van der Waals surface area contributed by atoms with Crippen molar-refractivity contribution in [2.45, 2.75) is 0 Å². The highest BCUT2D eigenvalue weighted by Gasteiger charge is 2.10. The number of hydrogen-bond acceptors (Lipinski definition) is 2. The van der Waals surface area contributed by atoms with Crippen molar-refractivity contribution in [3.63, 3.8) is 0 Å². The summed E-state index contributed by atoms with van der Waals surface area (Å²) in [5, 5.41) is 9.15. The maximum atomic E-state index is 10.8. The molecule has 0 atom stereocenters. The number of primary amides is 1. The number of phenolic OH excluding ortho intramolecular Hbond substituents is 1. The minimum absolute atomic E-state index is 0.0635. The van der Waals surface area contributed by atoms with Crippen molar-refractivity contribution in [2.24, 2.45) is 5.73 Å². The fourth-order valence-corrected chi connectivity index (χ4v) is 1.94. The molecule has 0 bridgehead atoms. The summed E-state index contributed by atoms with van der Waals surface area (Å²) >= 11 is 4.05. The minimum Gasteiger partial charge on any atom is -0.508 e. The summed E-state index contributed by atoms with van der Waals surface area (Å²) < 4.78 is 1.60. The molecular weight excluding hydrogens is 384 g/mol. The van der Waals surface area contributed by atoms with Crippen molar-refractivity contribution < 1.29 is 9.90 Å². The zero-order valence-corrected chi connectivity index (χ0v) is 10.2. The van der Waals surface area contributed by atoms with Gasteiger partial charge in [0.05, 0.1) is 5.56 Å². The van der Waals surface area contributed by atoms with E-state index in [0.717, 1.165) is 7.14 Å². The number of carbonyl (C=O) groups excluding carboxylic acids is 1. The van der Waals surface area contributed by atoms with Crippen LogP contribution in [0.3, 0.4) is 0 Å². The SMILES string of the molecule is NC(=O)c1cc(O)cc(I)c1I. The van der Waals surface area contributed by atoms with Gasteiger partial charge in [-0.1, -0.05) is 0 Å². The predicted octanol–water partition coefficient (Wildman–Crippen LogP) is 1.70. The highest BCUT2D eigenvalue weighted by atomic mass is 127. The summed E-state index contributed by atoms with van der Waals surface area (Å²) in [5.74, 6) is -0.457. The number of hydrogen-bond donors (Lipinski definition) is 2. The van der Waals surface area contributed by atoms with E-state index in [4.69, 9.17) is 10.8 Å². The molecule has 0 aromatic heterocycles. The number of nitrogens with two attached hydrogens (primary N) is 1. The average Bonchev–Trinajstić information content (AvgIpc) is 1.96. The van der Waals surface area contributed by atoms with E-state index in [1.807, 2.05) is 45.2 Å². The molecule has 1 rings (SSSR count). The van der Waals surface area contributed by atoms with Crippen LogP contribution in [0.2, 0.25) is 0 Å². The lowest BCUT2D eigenvalue weighted by Gasteiger charge is -2.02. The molecule has 0 saturated heterocycles. The summed E-state index contributed by atoms with van der Waals surface area (Å²) in [6.07, 6.45) is 0.